The third-order valence-electron chi connectivity index (χ3n) is 3.26. The largest absolute Gasteiger partial charge is 0.391 e. The molecular weight excluding hydrogens is 244 g/mol. The molecule has 1 fully saturated rings. The van der Waals surface area contributed by atoms with E-state index in [1.165, 1.54) is 4.90 Å². The van der Waals surface area contributed by atoms with E-state index < -0.39 is 6.10 Å². The fourth-order valence-corrected chi connectivity index (χ4v) is 2.14. The Morgan fingerprint density at radius 1 is 1.37 bits per heavy atom. The highest BCUT2D eigenvalue weighted by Gasteiger charge is 2.26. The van der Waals surface area contributed by atoms with Gasteiger partial charge in [0.05, 0.1) is 12.6 Å². The Morgan fingerprint density at radius 3 is 2.63 bits per heavy atom. The minimum atomic E-state index is -0.431. The molecule has 1 heterocycles. The molecule has 5 heteroatoms. The van der Waals surface area contributed by atoms with E-state index in [-0.39, 0.29) is 18.4 Å². The average Bonchev–Trinajstić information content (AvgIpc) is 2.85. The van der Waals surface area contributed by atoms with Crippen LogP contribution < -0.4 is 0 Å². The molecule has 1 saturated heterocycles. The highest BCUT2D eigenvalue weighted by molar-refractivity contribution is 5.96. The van der Waals surface area contributed by atoms with Crippen molar-refractivity contribution >= 4 is 11.8 Å². The van der Waals surface area contributed by atoms with Crippen LogP contribution in [0.2, 0.25) is 0 Å². The smallest absolute Gasteiger partial charge is 0.254 e. The monoisotopic (exact) mass is 262 g/mol. The summed E-state index contributed by atoms with van der Waals surface area (Å²) in [4.78, 5) is 27.0. The van der Waals surface area contributed by atoms with Crippen molar-refractivity contribution in [3.8, 4) is 0 Å². The van der Waals surface area contributed by atoms with Gasteiger partial charge in [-0.25, -0.2) is 0 Å². The number of β-amino-alcohol motifs (C(OH)–C–C–N with tert-alkyl or cyclic N) is 1. The highest BCUT2D eigenvalue weighted by atomic mass is 16.3. The average molecular weight is 262 g/mol. The molecule has 2 rings (SSSR count). The van der Waals surface area contributed by atoms with E-state index in [4.69, 9.17) is 0 Å². The van der Waals surface area contributed by atoms with Gasteiger partial charge in [-0.15, -0.1) is 0 Å². The normalized spacial score (nSPS) is 18.4. The summed E-state index contributed by atoms with van der Waals surface area (Å²) in [6, 6.07) is 8.87. The van der Waals surface area contributed by atoms with E-state index in [1.807, 2.05) is 6.07 Å². The topological polar surface area (TPSA) is 60.9 Å². The zero-order chi connectivity index (χ0) is 13.8. The van der Waals surface area contributed by atoms with Crippen LogP contribution in [-0.2, 0) is 4.79 Å². The molecule has 0 radical (unpaired) electrons. The third kappa shape index (κ3) is 3.32. The Bertz CT molecular complexity index is 461. The minimum absolute atomic E-state index is 0.0421. The van der Waals surface area contributed by atoms with Crippen molar-refractivity contribution < 1.29 is 14.7 Å². The van der Waals surface area contributed by atoms with Gasteiger partial charge >= 0.3 is 0 Å². The van der Waals surface area contributed by atoms with Crippen LogP contribution in [-0.4, -0.2) is 59.5 Å². The van der Waals surface area contributed by atoms with Gasteiger partial charge in [0, 0.05) is 25.7 Å². The lowest BCUT2D eigenvalue weighted by Gasteiger charge is -2.21. The Labute approximate surface area is 112 Å². The van der Waals surface area contributed by atoms with Gasteiger partial charge in [-0.05, 0) is 18.6 Å². The van der Waals surface area contributed by atoms with Crippen LogP contribution in [0.1, 0.15) is 16.8 Å². The number of hydrogen-bond acceptors (Lipinski definition) is 3. The fraction of sp³-hybridized carbons (Fsp3) is 0.429. The molecule has 0 aliphatic carbocycles. The molecule has 1 atom stereocenters. The van der Waals surface area contributed by atoms with E-state index in [0.717, 1.165) is 0 Å². The number of nitrogens with zero attached hydrogens (tertiary/aromatic N) is 2. The maximum absolute atomic E-state index is 12.1. The van der Waals surface area contributed by atoms with Gasteiger partial charge in [0.1, 0.15) is 0 Å². The van der Waals surface area contributed by atoms with Crippen molar-refractivity contribution in [1.29, 1.82) is 0 Å². The molecule has 1 aliphatic heterocycles. The summed E-state index contributed by atoms with van der Waals surface area (Å²) in [6.07, 6.45) is 0.182. The maximum atomic E-state index is 12.1. The van der Waals surface area contributed by atoms with Gasteiger partial charge in [0.2, 0.25) is 5.91 Å². The lowest BCUT2D eigenvalue weighted by molar-refractivity contribution is -0.131. The van der Waals surface area contributed by atoms with Crippen molar-refractivity contribution in [2.24, 2.45) is 0 Å². The standard InChI is InChI=1S/C14H18N2O3/c1-15(14(19)11-5-3-2-4-6-11)10-13(18)16-8-7-12(17)9-16/h2-6,12,17H,7-10H2,1H3/t12-/m0/s1. The SMILES string of the molecule is CN(CC(=O)N1CC[C@H](O)C1)C(=O)c1ccccc1. The van der Waals surface area contributed by atoms with Crippen LogP contribution in [0, 0.1) is 0 Å². The summed E-state index contributed by atoms with van der Waals surface area (Å²) in [7, 11) is 1.61. The Kier molecular flexibility index (Phi) is 4.16. The number of benzene rings is 1. The van der Waals surface area contributed by atoms with E-state index in [9.17, 15) is 14.7 Å². The van der Waals surface area contributed by atoms with Crippen LogP contribution in [0.3, 0.4) is 0 Å². The first-order valence-corrected chi connectivity index (χ1v) is 6.34. The second-order valence-electron chi connectivity index (χ2n) is 4.81. The lowest BCUT2D eigenvalue weighted by Crippen LogP contribution is -2.40. The van der Waals surface area contributed by atoms with E-state index in [2.05, 4.69) is 0 Å². The molecule has 2 amide bonds. The molecule has 1 aromatic carbocycles. The molecule has 1 aromatic rings. The number of amides is 2. The molecule has 0 unspecified atom stereocenters. The summed E-state index contributed by atoms with van der Waals surface area (Å²) in [5, 5.41) is 9.40. The number of carbonyl (C=O) groups excluding carboxylic acids is 2. The first-order valence-electron chi connectivity index (χ1n) is 6.34. The quantitative estimate of drug-likeness (QED) is 0.855. The van der Waals surface area contributed by atoms with Crippen molar-refractivity contribution in [2.75, 3.05) is 26.7 Å². The highest BCUT2D eigenvalue weighted by Crippen LogP contribution is 2.10. The van der Waals surface area contributed by atoms with E-state index in [0.29, 0.717) is 25.1 Å². The number of rotatable bonds is 3. The van der Waals surface area contributed by atoms with Gasteiger partial charge < -0.3 is 14.9 Å². The molecule has 0 saturated carbocycles. The summed E-state index contributed by atoms with van der Waals surface area (Å²) in [5.41, 5.74) is 0.569. The van der Waals surface area contributed by atoms with Crippen LogP contribution in [0.15, 0.2) is 30.3 Å². The van der Waals surface area contributed by atoms with Crippen LogP contribution in [0.25, 0.3) is 0 Å². The number of likely N-dealkylation sites (tertiary alicyclic amines) is 1. The minimum Gasteiger partial charge on any atom is -0.391 e. The second kappa shape index (κ2) is 5.84. The number of carbonyl (C=O) groups is 2. The molecule has 0 bridgehead atoms. The second-order valence-corrected chi connectivity index (χ2v) is 4.81. The van der Waals surface area contributed by atoms with Crippen LogP contribution >= 0.6 is 0 Å². The van der Waals surface area contributed by atoms with Crippen LogP contribution in [0.5, 0.6) is 0 Å². The molecule has 19 heavy (non-hydrogen) atoms. The predicted octanol–water partition coefficient (Wildman–Crippen LogP) is 0.352. The molecule has 0 aromatic heterocycles. The van der Waals surface area contributed by atoms with Crippen molar-refractivity contribution in [3.63, 3.8) is 0 Å². The van der Waals surface area contributed by atoms with Crippen molar-refractivity contribution in [1.82, 2.24) is 9.80 Å². The third-order valence-corrected chi connectivity index (χ3v) is 3.26. The van der Waals surface area contributed by atoms with Gasteiger partial charge in [-0.1, -0.05) is 18.2 Å². The van der Waals surface area contributed by atoms with Gasteiger partial charge in [-0.2, -0.15) is 0 Å². The Balaban J connectivity index is 1.92. The molecular formula is C14H18N2O3. The maximum Gasteiger partial charge on any atom is 0.254 e. The predicted molar refractivity (Wildman–Crippen MR) is 70.6 cm³/mol. The van der Waals surface area contributed by atoms with Crippen molar-refractivity contribution in [3.05, 3.63) is 35.9 Å². The Hall–Kier alpha value is -1.88. The molecule has 5 nitrogen and oxygen atoms in total. The molecule has 0 spiro atoms. The first kappa shape index (κ1) is 13.5. The van der Waals surface area contributed by atoms with Crippen molar-refractivity contribution in [2.45, 2.75) is 12.5 Å². The molecule has 1 N–H and O–H groups in total. The van der Waals surface area contributed by atoms with Gasteiger partial charge in [0.15, 0.2) is 0 Å². The first-order chi connectivity index (χ1) is 9.08. The van der Waals surface area contributed by atoms with E-state index >= 15 is 0 Å². The van der Waals surface area contributed by atoms with Gasteiger partial charge in [0.25, 0.3) is 5.91 Å². The van der Waals surface area contributed by atoms with E-state index in [1.54, 1.807) is 36.2 Å². The fourth-order valence-electron chi connectivity index (χ4n) is 2.14. The molecule has 102 valence electrons. The summed E-state index contributed by atoms with van der Waals surface area (Å²) < 4.78 is 0. The van der Waals surface area contributed by atoms with Crippen LogP contribution in [0.4, 0.5) is 0 Å². The lowest BCUT2D eigenvalue weighted by atomic mass is 10.2. The number of hydrogen-bond donors (Lipinski definition) is 1. The number of aliphatic hydroxyl groups is 1. The number of likely N-dealkylation sites (N-methyl/N-ethyl adjacent to an activating group) is 1. The number of aliphatic hydroxyl groups excluding tert-OH is 1. The molecule has 1 aliphatic rings. The summed E-state index contributed by atoms with van der Waals surface area (Å²) >= 11 is 0. The van der Waals surface area contributed by atoms with Gasteiger partial charge in [-0.3, -0.25) is 9.59 Å². The zero-order valence-electron chi connectivity index (χ0n) is 11.0. The Morgan fingerprint density at radius 2 is 2.05 bits per heavy atom. The zero-order valence-corrected chi connectivity index (χ0v) is 11.0. The summed E-state index contributed by atoms with van der Waals surface area (Å²) in [6.45, 7) is 0.972. The summed E-state index contributed by atoms with van der Waals surface area (Å²) in [5.74, 6) is -0.294.